The summed E-state index contributed by atoms with van der Waals surface area (Å²) in [7, 11) is 0. The molecule has 1 aliphatic heterocycles. The van der Waals surface area contributed by atoms with Gasteiger partial charge in [-0.15, -0.1) is 0 Å². The highest BCUT2D eigenvalue weighted by Crippen LogP contribution is 2.36. The van der Waals surface area contributed by atoms with Crippen LogP contribution in [0, 0.1) is 6.92 Å². The Labute approximate surface area is 123 Å². The molecule has 1 amide bonds. The Bertz CT molecular complexity index is 453. The van der Waals surface area contributed by atoms with Crippen LogP contribution in [0.5, 0.6) is 0 Å². The quantitative estimate of drug-likeness (QED) is 0.650. The number of rotatable bonds is 8. The van der Waals surface area contributed by atoms with Gasteiger partial charge in [0.15, 0.2) is 0 Å². The second-order valence-corrected chi connectivity index (χ2v) is 6.04. The van der Waals surface area contributed by atoms with Crippen molar-refractivity contribution in [3.05, 3.63) is 29.3 Å². The van der Waals surface area contributed by atoms with Crippen LogP contribution >= 0.6 is 0 Å². The van der Waals surface area contributed by atoms with Crippen molar-refractivity contribution in [3.8, 4) is 0 Å². The van der Waals surface area contributed by atoms with E-state index in [1.807, 2.05) is 6.07 Å². The lowest BCUT2D eigenvalue weighted by Gasteiger charge is -2.09. The Morgan fingerprint density at radius 2 is 1.75 bits per heavy atom. The molecule has 2 heteroatoms. The van der Waals surface area contributed by atoms with E-state index in [-0.39, 0.29) is 11.8 Å². The maximum Gasteiger partial charge on any atom is 0.232 e. The summed E-state index contributed by atoms with van der Waals surface area (Å²) >= 11 is 0. The van der Waals surface area contributed by atoms with Crippen molar-refractivity contribution in [1.82, 2.24) is 0 Å². The summed E-state index contributed by atoms with van der Waals surface area (Å²) in [6, 6.07) is 6.27. The van der Waals surface area contributed by atoms with Crippen molar-refractivity contribution in [2.24, 2.45) is 0 Å². The number of hydrogen-bond acceptors (Lipinski definition) is 1. The second-order valence-electron chi connectivity index (χ2n) is 6.04. The van der Waals surface area contributed by atoms with Crippen molar-refractivity contribution in [2.45, 2.75) is 71.1 Å². The highest BCUT2D eigenvalue weighted by atomic mass is 16.2. The van der Waals surface area contributed by atoms with Crippen LogP contribution in [0.1, 0.15) is 75.3 Å². The molecule has 2 nitrogen and oxygen atoms in total. The number of fused-ring (bicyclic) bond motifs is 1. The largest absolute Gasteiger partial charge is 0.325 e. The smallest absolute Gasteiger partial charge is 0.232 e. The number of aryl methyl sites for hydroxylation is 1. The van der Waals surface area contributed by atoms with Crippen LogP contribution in [0.25, 0.3) is 0 Å². The van der Waals surface area contributed by atoms with Gasteiger partial charge in [-0.1, -0.05) is 69.6 Å². The molecule has 0 aromatic heterocycles. The Morgan fingerprint density at radius 3 is 2.50 bits per heavy atom. The Hall–Kier alpha value is -1.31. The minimum atomic E-state index is 0.0838. The lowest BCUT2D eigenvalue weighted by molar-refractivity contribution is -0.117. The lowest BCUT2D eigenvalue weighted by atomic mass is 9.93. The fraction of sp³-hybridized carbons (Fsp3) is 0.611. The zero-order chi connectivity index (χ0) is 14.4. The average Bonchev–Trinajstić information content (AvgIpc) is 2.73. The van der Waals surface area contributed by atoms with Gasteiger partial charge in [-0.2, -0.15) is 0 Å². The number of anilines is 1. The van der Waals surface area contributed by atoms with Gasteiger partial charge < -0.3 is 5.32 Å². The normalized spacial score (nSPS) is 17.1. The third-order valence-corrected chi connectivity index (χ3v) is 4.25. The third-order valence-electron chi connectivity index (χ3n) is 4.25. The fourth-order valence-electron chi connectivity index (χ4n) is 3.04. The highest BCUT2D eigenvalue weighted by molar-refractivity contribution is 6.02. The number of benzene rings is 1. The molecular weight excluding hydrogens is 246 g/mol. The summed E-state index contributed by atoms with van der Waals surface area (Å²) in [6.07, 6.45) is 10.1. The Balaban J connectivity index is 1.76. The Kier molecular flexibility index (Phi) is 5.63. The summed E-state index contributed by atoms with van der Waals surface area (Å²) in [6.45, 7) is 4.34. The predicted octanol–water partition coefficient (Wildman–Crippen LogP) is 5.17. The highest BCUT2D eigenvalue weighted by Gasteiger charge is 2.29. The number of nitrogens with one attached hydrogen (secondary N) is 1. The van der Waals surface area contributed by atoms with Gasteiger partial charge in [0.1, 0.15) is 0 Å². The first-order chi connectivity index (χ1) is 9.72. The molecule has 1 aromatic rings. The molecule has 2 rings (SSSR count). The van der Waals surface area contributed by atoms with E-state index in [1.165, 1.54) is 49.7 Å². The van der Waals surface area contributed by atoms with Gasteiger partial charge in [0.2, 0.25) is 5.91 Å². The van der Waals surface area contributed by atoms with Gasteiger partial charge in [0.25, 0.3) is 0 Å². The zero-order valence-electron chi connectivity index (χ0n) is 12.9. The van der Waals surface area contributed by atoms with Gasteiger partial charge >= 0.3 is 0 Å². The van der Waals surface area contributed by atoms with Crippen LogP contribution < -0.4 is 5.32 Å². The summed E-state index contributed by atoms with van der Waals surface area (Å²) in [5.41, 5.74) is 3.47. The summed E-state index contributed by atoms with van der Waals surface area (Å²) in [5.74, 6) is 0.275. The number of unbranched alkanes of at least 4 members (excludes halogenated alkanes) is 6. The number of carbonyl (C=O) groups excluding carboxylic acids is 1. The van der Waals surface area contributed by atoms with Crippen LogP contribution in [0.4, 0.5) is 5.69 Å². The molecule has 0 fully saturated rings. The standard InChI is InChI=1S/C18H27NO/c1-3-4-5-6-7-8-9-10-15-16-13-14(2)11-12-17(16)19-18(15)20/h11-13,15H,3-10H2,1-2H3,(H,19,20). The minimum Gasteiger partial charge on any atom is -0.325 e. The first-order valence-electron chi connectivity index (χ1n) is 8.13. The van der Waals surface area contributed by atoms with E-state index in [0.29, 0.717) is 0 Å². The van der Waals surface area contributed by atoms with Crippen molar-refractivity contribution in [2.75, 3.05) is 5.32 Å². The average molecular weight is 273 g/mol. The molecule has 1 atom stereocenters. The molecule has 0 radical (unpaired) electrons. The molecule has 1 heterocycles. The topological polar surface area (TPSA) is 29.1 Å². The molecule has 0 saturated carbocycles. The molecule has 1 N–H and O–H groups in total. The number of carbonyl (C=O) groups is 1. The van der Waals surface area contributed by atoms with Crippen LogP contribution in [0.2, 0.25) is 0 Å². The van der Waals surface area contributed by atoms with Crippen LogP contribution in [-0.2, 0) is 4.79 Å². The van der Waals surface area contributed by atoms with E-state index in [2.05, 4.69) is 31.3 Å². The molecule has 0 spiro atoms. The van der Waals surface area contributed by atoms with E-state index in [4.69, 9.17) is 0 Å². The van der Waals surface area contributed by atoms with Gasteiger partial charge in [0.05, 0.1) is 5.92 Å². The van der Waals surface area contributed by atoms with E-state index in [9.17, 15) is 4.79 Å². The second kappa shape index (κ2) is 7.47. The number of hydrogen-bond donors (Lipinski definition) is 1. The molecule has 1 aliphatic rings. The zero-order valence-corrected chi connectivity index (χ0v) is 12.9. The van der Waals surface area contributed by atoms with Crippen LogP contribution in [-0.4, -0.2) is 5.91 Å². The van der Waals surface area contributed by atoms with Gasteiger partial charge in [0, 0.05) is 5.69 Å². The third kappa shape index (κ3) is 3.84. The van der Waals surface area contributed by atoms with Crippen molar-refractivity contribution < 1.29 is 4.79 Å². The van der Waals surface area contributed by atoms with Crippen LogP contribution in [0.15, 0.2) is 18.2 Å². The van der Waals surface area contributed by atoms with E-state index in [1.54, 1.807) is 0 Å². The van der Waals surface area contributed by atoms with E-state index >= 15 is 0 Å². The van der Waals surface area contributed by atoms with Crippen molar-refractivity contribution >= 4 is 11.6 Å². The summed E-state index contributed by atoms with van der Waals surface area (Å²) in [4.78, 5) is 12.0. The molecule has 0 saturated heterocycles. The predicted molar refractivity (Wildman–Crippen MR) is 85.2 cm³/mol. The van der Waals surface area contributed by atoms with Crippen molar-refractivity contribution in [1.29, 1.82) is 0 Å². The first kappa shape index (κ1) is 15.1. The van der Waals surface area contributed by atoms with E-state index < -0.39 is 0 Å². The molecule has 0 bridgehead atoms. The maximum atomic E-state index is 12.0. The van der Waals surface area contributed by atoms with Gasteiger partial charge in [-0.25, -0.2) is 0 Å². The fourth-order valence-corrected chi connectivity index (χ4v) is 3.04. The van der Waals surface area contributed by atoms with Crippen LogP contribution in [0.3, 0.4) is 0 Å². The SMILES string of the molecule is CCCCCCCCCC1C(=O)Nc2ccc(C)cc21. The molecule has 0 aliphatic carbocycles. The molecule has 1 aromatic carbocycles. The van der Waals surface area contributed by atoms with Gasteiger partial charge in [-0.05, 0) is 25.0 Å². The maximum absolute atomic E-state index is 12.0. The molecule has 1 unspecified atom stereocenters. The minimum absolute atomic E-state index is 0.0838. The molecule has 20 heavy (non-hydrogen) atoms. The van der Waals surface area contributed by atoms with Crippen molar-refractivity contribution in [3.63, 3.8) is 0 Å². The summed E-state index contributed by atoms with van der Waals surface area (Å²) in [5, 5.41) is 3.00. The van der Waals surface area contributed by atoms with E-state index in [0.717, 1.165) is 18.5 Å². The number of amides is 1. The Morgan fingerprint density at radius 1 is 1.05 bits per heavy atom. The summed E-state index contributed by atoms with van der Waals surface area (Å²) < 4.78 is 0. The molecular formula is C18H27NO. The monoisotopic (exact) mass is 273 g/mol. The molecule has 110 valence electrons. The van der Waals surface area contributed by atoms with Gasteiger partial charge in [-0.3, -0.25) is 4.79 Å². The first-order valence-corrected chi connectivity index (χ1v) is 8.13. The lowest BCUT2D eigenvalue weighted by Crippen LogP contribution is -2.11.